The molecule has 2 heterocycles. The Morgan fingerprint density at radius 2 is 1.83 bits per heavy atom. The molecule has 3 aromatic rings. The molecule has 2 nitrogen and oxygen atoms in total. The highest BCUT2D eigenvalue weighted by Gasteiger charge is 2.15. The molecule has 0 aliphatic rings. The molecule has 23 heavy (non-hydrogen) atoms. The van der Waals surface area contributed by atoms with Crippen molar-refractivity contribution in [3.8, 4) is 0 Å². The number of hydrogen-bond acceptors (Lipinski definition) is 2. The van der Waals surface area contributed by atoms with Crippen molar-refractivity contribution in [2.75, 3.05) is 0 Å². The zero-order valence-electron chi connectivity index (χ0n) is 13.7. The molecule has 3 heteroatoms. The monoisotopic (exact) mass is 320 g/mol. The highest BCUT2D eigenvalue weighted by Crippen LogP contribution is 2.21. The fourth-order valence-corrected chi connectivity index (χ4v) is 3.29. The lowest BCUT2D eigenvalue weighted by Crippen LogP contribution is -2.10. The lowest BCUT2D eigenvalue weighted by atomic mass is 10.1. The molecule has 0 saturated carbocycles. The average molecular weight is 320 g/mol. The van der Waals surface area contributed by atoms with Crippen LogP contribution in [-0.4, -0.2) is 14.4 Å². The highest BCUT2D eigenvalue weighted by molar-refractivity contribution is 7.81. The quantitative estimate of drug-likeness (QED) is 0.524. The van der Waals surface area contributed by atoms with Gasteiger partial charge in [0.05, 0.1) is 10.6 Å². The summed E-state index contributed by atoms with van der Waals surface area (Å²) in [6.07, 6.45) is 2.65. The van der Waals surface area contributed by atoms with Gasteiger partial charge in [-0.2, -0.15) is 0 Å². The molecule has 0 atom stereocenters. The maximum Gasteiger partial charge on any atom is 0.0689 e. The standard InChI is InChI=1S/C20H20N2S/c1-14-7-9-16(10-8-14)20(23)19-15(2)12-18(22(19)3)13-17-6-4-5-11-21-17/h4-12H,13H2,1-3H3. The van der Waals surface area contributed by atoms with E-state index in [2.05, 4.69) is 66.8 Å². The molecule has 3 rings (SSSR count). The van der Waals surface area contributed by atoms with Gasteiger partial charge in [0.15, 0.2) is 0 Å². The van der Waals surface area contributed by atoms with E-state index < -0.39 is 0 Å². The molecule has 0 saturated heterocycles. The number of aryl methyl sites for hydroxylation is 2. The third kappa shape index (κ3) is 3.25. The normalized spacial score (nSPS) is 10.7. The van der Waals surface area contributed by atoms with Gasteiger partial charge >= 0.3 is 0 Å². The average Bonchev–Trinajstić information content (AvgIpc) is 2.82. The van der Waals surface area contributed by atoms with E-state index in [9.17, 15) is 0 Å². The molecule has 0 spiro atoms. The largest absolute Gasteiger partial charge is 0.346 e. The van der Waals surface area contributed by atoms with Crippen molar-refractivity contribution in [1.82, 2.24) is 9.55 Å². The summed E-state index contributed by atoms with van der Waals surface area (Å²) in [5.41, 5.74) is 6.97. The zero-order chi connectivity index (χ0) is 16.4. The van der Waals surface area contributed by atoms with E-state index in [4.69, 9.17) is 12.2 Å². The number of aromatic nitrogens is 2. The maximum atomic E-state index is 5.75. The van der Waals surface area contributed by atoms with Crippen molar-refractivity contribution in [3.63, 3.8) is 0 Å². The SMILES string of the molecule is Cc1ccc(C(=S)c2c(C)cc(Cc3ccccn3)n2C)cc1. The van der Waals surface area contributed by atoms with E-state index in [0.717, 1.165) is 28.2 Å². The first-order valence-corrected chi connectivity index (χ1v) is 8.13. The van der Waals surface area contributed by atoms with Crippen molar-refractivity contribution in [2.45, 2.75) is 20.3 Å². The van der Waals surface area contributed by atoms with Gasteiger partial charge in [-0.3, -0.25) is 4.98 Å². The van der Waals surface area contributed by atoms with Gasteiger partial charge in [-0.25, -0.2) is 0 Å². The predicted molar refractivity (Wildman–Crippen MR) is 99.2 cm³/mol. The van der Waals surface area contributed by atoms with Crippen LogP contribution in [0.3, 0.4) is 0 Å². The van der Waals surface area contributed by atoms with Crippen LogP contribution in [0.25, 0.3) is 0 Å². The minimum atomic E-state index is 0.814. The number of rotatable bonds is 4. The first kappa shape index (κ1) is 15.6. The fraction of sp³-hybridized carbons (Fsp3) is 0.200. The molecular formula is C20H20N2S. The summed E-state index contributed by atoms with van der Waals surface area (Å²) in [5, 5.41) is 0. The second-order valence-electron chi connectivity index (χ2n) is 5.92. The molecule has 0 aliphatic heterocycles. The van der Waals surface area contributed by atoms with Gasteiger partial charge in [0, 0.05) is 31.1 Å². The Kier molecular flexibility index (Phi) is 4.39. The number of benzene rings is 1. The van der Waals surface area contributed by atoms with Crippen LogP contribution in [0, 0.1) is 13.8 Å². The van der Waals surface area contributed by atoms with Crippen LogP contribution in [-0.2, 0) is 13.5 Å². The molecule has 0 unspecified atom stereocenters. The van der Waals surface area contributed by atoms with Crippen molar-refractivity contribution in [1.29, 1.82) is 0 Å². The lowest BCUT2D eigenvalue weighted by Gasteiger charge is -2.10. The predicted octanol–water partition coefficient (Wildman–Crippen LogP) is 4.39. The summed E-state index contributed by atoms with van der Waals surface area (Å²) >= 11 is 5.75. The smallest absolute Gasteiger partial charge is 0.0689 e. The van der Waals surface area contributed by atoms with Crippen molar-refractivity contribution >= 4 is 17.1 Å². The van der Waals surface area contributed by atoms with Gasteiger partial charge in [-0.15, -0.1) is 0 Å². The minimum Gasteiger partial charge on any atom is -0.346 e. The summed E-state index contributed by atoms with van der Waals surface area (Å²) in [6.45, 7) is 4.21. The summed E-state index contributed by atoms with van der Waals surface area (Å²) in [6, 6.07) is 16.6. The topological polar surface area (TPSA) is 17.8 Å². The van der Waals surface area contributed by atoms with Crippen LogP contribution < -0.4 is 0 Å². The van der Waals surface area contributed by atoms with E-state index >= 15 is 0 Å². The highest BCUT2D eigenvalue weighted by atomic mass is 32.1. The molecular weight excluding hydrogens is 300 g/mol. The molecule has 0 N–H and O–H groups in total. The lowest BCUT2D eigenvalue weighted by molar-refractivity contribution is 0.832. The summed E-state index contributed by atoms with van der Waals surface area (Å²) in [5.74, 6) is 0. The molecule has 0 bridgehead atoms. The van der Waals surface area contributed by atoms with Crippen LogP contribution >= 0.6 is 12.2 Å². The van der Waals surface area contributed by atoms with Gasteiger partial charge in [0.1, 0.15) is 0 Å². The number of nitrogens with zero attached hydrogens (tertiary/aromatic N) is 2. The second kappa shape index (κ2) is 6.47. The van der Waals surface area contributed by atoms with Crippen LogP contribution in [0.1, 0.15) is 33.8 Å². The Morgan fingerprint density at radius 1 is 1.09 bits per heavy atom. The Labute approximate surface area is 142 Å². The molecule has 1 aromatic carbocycles. The van der Waals surface area contributed by atoms with Gasteiger partial charge in [-0.05, 0) is 43.2 Å². The molecule has 0 fully saturated rings. The van der Waals surface area contributed by atoms with Gasteiger partial charge < -0.3 is 4.57 Å². The third-order valence-electron chi connectivity index (χ3n) is 4.14. The van der Waals surface area contributed by atoms with E-state index in [1.54, 1.807) is 0 Å². The van der Waals surface area contributed by atoms with Crippen LogP contribution in [0.2, 0.25) is 0 Å². The first-order valence-electron chi connectivity index (χ1n) is 7.72. The Bertz CT molecular complexity index is 830. The van der Waals surface area contributed by atoms with Crippen molar-refractivity contribution < 1.29 is 0 Å². The van der Waals surface area contributed by atoms with Crippen LogP contribution in [0.15, 0.2) is 54.7 Å². The molecule has 116 valence electrons. The van der Waals surface area contributed by atoms with Crippen LogP contribution in [0.5, 0.6) is 0 Å². The Balaban J connectivity index is 1.94. The van der Waals surface area contributed by atoms with E-state index in [0.29, 0.717) is 0 Å². The number of pyridine rings is 1. The first-order chi connectivity index (χ1) is 11.1. The van der Waals surface area contributed by atoms with Gasteiger partial charge in [-0.1, -0.05) is 48.1 Å². The summed E-state index contributed by atoms with van der Waals surface area (Å²) in [7, 11) is 2.08. The maximum absolute atomic E-state index is 5.75. The van der Waals surface area contributed by atoms with Crippen LogP contribution in [0.4, 0.5) is 0 Å². The number of thiocarbonyl (C=S) groups is 1. The fourth-order valence-electron chi connectivity index (χ4n) is 2.85. The van der Waals surface area contributed by atoms with E-state index in [1.165, 1.54) is 16.8 Å². The van der Waals surface area contributed by atoms with Gasteiger partial charge in [0.25, 0.3) is 0 Å². The molecule has 0 amide bonds. The summed E-state index contributed by atoms with van der Waals surface area (Å²) in [4.78, 5) is 5.32. The Hall–Kier alpha value is -2.26. The van der Waals surface area contributed by atoms with E-state index in [1.807, 2.05) is 18.3 Å². The third-order valence-corrected chi connectivity index (χ3v) is 4.57. The summed E-state index contributed by atoms with van der Waals surface area (Å²) < 4.78 is 2.20. The minimum absolute atomic E-state index is 0.814. The second-order valence-corrected chi connectivity index (χ2v) is 6.33. The number of hydrogen-bond donors (Lipinski definition) is 0. The molecule has 2 aromatic heterocycles. The van der Waals surface area contributed by atoms with Crippen molar-refractivity contribution in [3.05, 3.63) is 88.5 Å². The van der Waals surface area contributed by atoms with E-state index in [-0.39, 0.29) is 0 Å². The van der Waals surface area contributed by atoms with Gasteiger partial charge in [0.2, 0.25) is 0 Å². The zero-order valence-corrected chi connectivity index (χ0v) is 14.5. The van der Waals surface area contributed by atoms with Crippen molar-refractivity contribution in [2.24, 2.45) is 7.05 Å². The Morgan fingerprint density at radius 3 is 2.48 bits per heavy atom. The molecule has 0 aliphatic carbocycles. The molecule has 0 radical (unpaired) electrons.